The van der Waals surface area contributed by atoms with Gasteiger partial charge in [-0.2, -0.15) is 0 Å². The molecule has 6 aromatic rings. The standard InChI is InChI=1S/C43H36N8O6/c44-32-15-7-13-28(17-32)42(56)50-36-21-30(19-34(23-36)48-40(54)26-9-3-1-4-10-26)38(52)46-25-47-39(53)31-20-35(49-41(55)27-11-5-2-6-12-27)24-37(22-31)51-43(57)29-14-8-16-33(45)18-29/h1-24H,25,44-45H2,(H,46,52)(H,47,53)(H,48,54)(H,49,55)(H,50,56)(H,51,57). The maximum atomic E-state index is 13.5. The monoisotopic (exact) mass is 760 g/mol. The fourth-order valence-electron chi connectivity index (χ4n) is 5.57. The Kier molecular flexibility index (Phi) is 12.0. The van der Waals surface area contributed by atoms with Gasteiger partial charge in [0.2, 0.25) is 0 Å². The van der Waals surface area contributed by atoms with E-state index in [1.807, 2.05) is 0 Å². The smallest absolute Gasteiger partial charge is 0.255 e. The summed E-state index contributed by atoms with van der Waals surface area (Å²) in [5.74, 6) is -3.19. The zero-order chi connectivity index (χ0) is 40.3. The molecule has 0 radical (unpaired) electrons. The Bertz CT molecular complexity index is 2320. The molecule has 0 aromatic heterocycles. The van der Waals surface area contributed by atoms with E-state index in [-0.39, 0.29) is 51.7 Å². The van der Waals surface area contributed by atoms with E-state index in [0.717, 1.165) is 0 Å². The van der Waals surface area contributed by atoms with Crippen LogP contribution in [0.4, 0.5) is 34.1 Å². The van der Waals surface area contributed by atoms with Crippen LogP contribution in [0.25, 0.3) is 0 Å². The highest BCUT2D eigenvalue weighted by atomic mass is 16.2. The second kappa shape index (κ2) is 17.7. The maximum Gasteiger partial charge on any atom is 0.255 e. The SMILES string of the molecule is Nc1cccc(C(=O)Nc2cc(NC(=O)c3ccccc3)cc(C(=O)NCNC(=O)c3cc(NC(=O)c4ccccc4)cc(NC(=O)c4cccc(N)c4)c3)c2)c1. The first-order chi connectivity index (χ1) is 27.5. The van der Waals surface area contributed by atoms with Gasteiger partial charge in [0.25, 0.3) is 35.4 Å². The summed E-state index contributed by atoms with van der Waals surface area (Å²) in [5.41, 5.74) is 14.7. The highest BCUT2D eigenvalue weighted by Crippen LogP contribution is 2.23. The van der Waals surface area contributed by atoms with Gasteiger partial charge in [-0.05, 0) is 97.1 Å². The molecule has 0 atom stereocenters. The molecule has 6 amide bonds. The molecule has 0 bridgehead atoms. The Hall–Kier alpha value is -8.26. The highest BCUT2D eigenvalue weighted by Gasteiger charge is 2.17. The molecule has 0 saturated heterocycles. The molecular formula is C43H36N8O6. The summed E-state index contributed by atoms with van der Waals surface area (Å²) < 4.78 is 0. The van der Waals surface area contributed by atoms with Crippen LogP contribution in [-0.2, 0) is 0 Å². The van der Waals surface area contributed by atoms with Crippen LogP contribution in [0.15, 0.2) is 146 Å². The molecule has 57 heavy (non-hydrogen) atoms. The minimum absolute atomic E-state index is 0.0511. The van der Waals surface area contributed by atoms with Gasteiger partial charge in [0.15, 0.2) is 0 Å². The van der Waals surface area contributed by atoms with Gasteiger partial charge in [-0.15, -0.1) is 0 Å². The third-order valence-electron chi connectivity index (χ3n) is 8.29. The number of hydrogen-bond donors (Lipinski definition) is 8. The van der Waals surface area contributed by atoms with Crippen molar-refractivity contribution in [2.24, 2.45) is 0 Å². The fraction of sp³-hybridized carbons (Fsp3) is 0.0233. The van der Waals surface area contributed by atoms with Gasteiger partial charge in [0.1, 0.15) is 0 Å². The zero-order valence-electron chi connectivity index (χ0n) is 30.2. The van der Waals surface area contributed by atoms with Crippen LogP contribution in [-0.4, -0.2) is 42.1 Å². The molecule has 6 aromatic carbocycles. The highest BCUT2D eigenvalue weighted by molar-refractivity contribution is 6.10. The molecule has 0 aliphatic rings. The van der Waals surface area contributed by atoms with Crippen molar-refractivity contribution in [3.05, 3.63) is 179 Å². The van der Waals surface area contributed by atoms with Gasteiger partial charge in [-0.1, -0.05) is 48.5 Å². The zero-order valence-corrected chi connectivity index (χ0v) is 30.2. The van der Waals surface area contributed by atoms with E-state index in [1.165, 1.54) is 48.5 Å². The molecule has 10 N–H and O–H groups in total. The number of hydrogen-bond acceptors (Lipinski definition) is 8. The number of anilines is 6. The summed E-state index contributed by atoms with van der Waals surface area (Å²) >= 11 is 0. The van der Waals surface area contributed by atoms with Crippen molar-refractivity contribution in [3.8, 4) is 0 Å². The summed E-state index contributed by atoms with van der Waals surface area (Å²) in [6.45, 7) is -0.352. The number of nitrogen functional groups attached to an aromatic ring is 2. The van der Waals surface area contributed by atoms with Gasteiger partial charge >= 0.3 is 0 Å². The minimum atomic E-state index is -0.649. The number of nitrogens with one attached hydrogen (secondary N) is 6. The van der Waals surface area contributed by atoms with E-state index in [2.05, 4.69) is 31.9 Å². The fourth-order valence-corrected chi connectivity index (χ4v) is 5.57. The predicted molar refractivity (Wildman–Crippen MR) is 219 cm³/mol. The number of carbonyl (C=O) groups is 6. The quantitative estimate of drug-likeness (QED) is 0.0546. The van der Waals surface area contributed by atoms with Crippen LogP contribution >= 0.6 is 0 Å². The predicted octanol–water partition coefficient (Wildman–Crippen LogP) is 5.98. The summed E-state index contributed by atoms with van der Waals surface area (Å²) in [7, 11) is 0. The first-order valence-electron chi connectivity index (χ1n) is 17.4. The van der Waals surface area contributed by atoms with E-state index >= 15 is 0 Å². The Balaban J connectivity index is 1.19. The number of benzene rings is 6. The van der Waals surface area contributed by atoms with E-state index in [0.29, 0.717) is 22.5 Å². The van der Waals surface area contributed by atoms with Crippen molar-refractivity contribution in [1.82, 2.24) is 10.6 Å². The van der Waals surface area contributed by atoms with Crippen LogP contribution in [0.5, 0.6) is 0 Å². The van der Waals surface area contributed by atoms with Crippen LogP contribution < -0.4 is 43.4 Å². The van der Waals surface area contributed by atoms with Gasteiger partial charge in [-0.3, -0.25) is 28.8 Å². The summed E-state index contributed by atoms with van der Waals surface area (Å²) in [4.78, 5) is 79.0. The average Bonchev–Trinajstić information content (AvgIpc) is 3.21. The van der Waals surface area contributed by atoms with Crippen molar-refractivity contribution >= 4 is 69.6 Å². The number of amides is 6. The van der Waals surface area contributed by atoms with Crippen LogP contribution in [0.3, 0.4) is 0 Å². The molecule has 0 heterocycles. The Labute approximate surface area is 326 Å². The minimum Gasteiger partial charge on any atom is -0.399 e. The van der Waals surface area contributed by atoms with Crippen molar-refractivity contribution in [1.29, 1.82) is 0 Å². The molecule has 0 fully saturated rings. The number of rotatable bonds is 12. The normalized spacial score (nSPS) is 10.4. The third kappa shape index (κ3) is 10.5. The van der Waals surface area contributed by atoms with Crippen molar-refractivity contribution in [2.75, 3.05) is 39.4 Å². The second-order valence-corrected chi connectivity index (χ2v) is 12.6. The van der Waals surface area contributed by atoms with E-state index in [1.54, 1.807) is 97.1 Å². The first-order valence-corrected chi connectivity index (χ1v) is 17.4. The lowest BCUT2D eigenvalue weighted by Gasteiger charge is -2.14. The lowest BCUT2D eigenvalue weighted by atomic mass is 10.1. The first kappa shape index (κ1) is 38.5. The van der Waals surface area contributed by atoms with E-state index in [9.17, 15) is 28.8 Å². The third-order valence-corrected chi connectivity index (χ3v) is 8.29. The van der Waals surface area contributed by atoms with Crippen LogP contribution in [0.1, 0.15) is 62.1 Å². The lowest BCUT2D eigenvalue weighted by molar-refractivity contribution is 0.0915. The number of nitrogens with two attached hydrogens (primary N) is 2. The largest absolute Gasteiger partial charge is 0.399 e. The number of carbonyl (C=O) groups excluding carboxylic acids is 6. The summed E-state index contributed by atoms with van der Waals surface area (Å²) in [6.07, 6.45) is 0. The Morgan fingerprint density at radius 1 is 0.333 bits per heavy atom. The average molecular weight is 761 g/mol. The second-order valence-electron chi connectivity index (χ2n) is 12.6. The van der Waals surface area contributed by atoms with Gasteiger partial charge in [-0.25, -0.2) is 0 Å². The van der Waals surface area contributed by atoms with Crippen molar-refractivity contribution in [3.63, 3.8) is 0 Å². The van der Waals surface area contributed by atoms with Crippen LogP contribution in [0.2, 0.25) is 0 Å². The van der Waals surface area contributed by atoms with Crippen molar-refractivity contribution < 1.29 is 28.8 Å². The molecule has 6 rings (SSSR count). The van der Waals surface area contributed by atoms with Crippen LogP contribution in [0, 0.1) is 0 Å². The molecule has 284 valence electrons. The lowest BCUT2D eigenvalue weighted by Crippen LogP contribution is -2.37. The van der Waals surface area contributed by atoms with Gasteiger partial charge in [0, 0.05) is 67.5 Å². The molecule has 14 nitrogen and oxygen atoms in total. The Morgan fingerprint density at radius 3 is 0.982 bits per heavy atom. The van der Waals surface area contributed by atoms with Gasteiger partial charge in [0.05, 0.1) is 6.67 Å². The molecule has 0 spiro atoms. The Morgan fingerprint density at radius 2 is 0.649 bits per heavy atom. The molecule has 0 unspecified atom stereocenters. The molecule has 0 aliphatic carbocycles. The van der Waals surface area contributed by atoms with E-state index < -0.39 is 35.4 Å². The molecular weight excluding hydrogens is 725 g/mol. The topological polar surface area (TPSA) is 227 Å². The summed E-state index contributed by atoms with van der Waals surface area (Å²) in [6, 6.07) is 38.2. The maximum absolute atomic E-state index is 13.5. The summed E-state index contributed by atoms with van der Waals surface area (Å²) in [5, 5.41) is 16.2. The van der Waals surface area contributed by atoms with Gasteiger partial charge < -0.3 is 43.4 Å². The molecule has 14 heteroatoms. The van der Waals surface area contributed by atoms with Crippen molar-refractivity contribution in [2.45, 2.75) is 0 Å². The van der Waals surface area contributed by atoms with E-state index in [4.69, 9.17) is 11.5 Å². The molecule has 0 saturated carbocycles. The molecule has 0 aliphatic heterocycles.